The number of anilines is 1. The van der Waals surface area contributed by atoms with Gasteiger partial charge in [0.15, 0.2) is 0 Å². The van der Waals surface area contributed by atoms with Crippen molar-refractivity contribution in [1.29, 1.82) is 0 Å². The lowest BCUT2D eigenvalue weighted by atomic mass is 10.0. The number of hydrogen-bond acceptors (Lipinski definition) is 3. The summed E-state index contributed by atoms with van der Waals surface area (Å²) in [6.45, 7) is 5.20. The van der Waals surface area contributed by atoms with Crippen LogP contribution < -0.4 is 4.90 Å². The van der Waals surface area contributed by atoms with Gasteiger partial charge in [-0.3, -0.25) is 4.90 Å². The molecule has 1 heterocycles. The second-order valence-corrected chi connectivity index (χ2v) is 5.88. The van der Waals surface area contributed by atoms with Crippen molar-refractivity contribution in [2.45, 2.75) is 13.0 Å². The van der Waals surface area contributed by atoms with Crippen molar-refractivity contribution in [2.75, 3.05) is 31.1 Å². The van der Waals surface area contributed by atoms with Crippen LogP contribution in [0, 0.1) is 11.6 Å². The van der Waals surface area contributed by atoms with Crippen molar-refractivity contribution >= 4 is 5.69 Å². The Balaban J connectivity index is 1.66. The van der Waals surface area contributed by atoms with Crippen molar-refractivity contribution in [2.24, 2.45) is 0 Å². The van der Waals surface area contributed by atoms with Crippen molar-refractivity contribution in [3.8, 4) is 5.75 Å². The highest BCUT2D eigenvalue weighted by atomic mass is 19.1. The summed E-state index contributed by atoms with van der Waals surface area (Å²) in [6, 6.07) is 10.5. The van der Waals surface area contributed by atoms with Crippen LogP contribution in [0.4, 0.5) is 14.5 Å². The number of nitrogens with zero attached hydrogens (tertiary/aromatic N) is 2. The molecule has 0 radical (unpaired) electrons. The van der Waals surface area contributed by atoms with Crippen LogP contribution in [0.25, 0.3) is 0 Å². The number of rotatable bonds is 3. The zero-order chi connectivity index (χ0) is 16.4. The number of benzene rings is 2. The monoisotopic (exact) mass is 318 g/mol. The number of aromatic hydroxyl groups is 1. The third-order valence-electron chi connectivity index (χ3n) is 4.49. The van der Waals surface area contributed by atoms with Crippen LogP contribution >= 0.6 is 0 Å². The lowest BCUT2D eigenvalue weighted by Crippen LogP contribution is -2.47. The van der Waals surface area contributed by atoms with E-state index in [1.54, 1.807) is 12.1 Å². The molecule has 1 atom stereocenters. The van der Waals surface area contributed by atoms with E-state index in [4.69, 9.17) is 0 Å². The Morgan fingerprint density at radius 1 is 0.913 bits per heavy atom. The van der Waals surface area contributed by atoms with Gasteiger partial charge in [-0.1, -0.05) is 0 Å². The molecule has 1 saturated heterocycles. The summed E-state index contributed by atoms with van der Waals surface area (Å²) in [5, 5.41) is 9.95. The first-order valence-electron chi connectivity index (χ1n) is 7.77. The van der Waals surface area contributed by atoms with Gasteiger partial charge < -0.3 is 10.0 Å². The number of hydrogen-bond donors (Lipinski definition) is 1. The minimum absolute atomic E-state index is 0.0546. The molecule has 1 aliphatic rings. The van der Waals surface area contributed by atoms with Crippen molar-refractivity contribution in [3.63, 3.8) is 0 Å². The maximum Gasteiger partial charge on any atom is 0.123 e. The molecule has 1 aliphatic heterocycles. The molecule has 2 aromatic carbocycles. The third-order valence-corrected chi connectivity index (χ3v) is 4.49. The molecule has 1 fully saturated rings. The molecule has 5 heteroatoms. The zero-order valence-electron chi connectivity index (χ0n) is 13.0. The van der Waals surface area contributed by atoms with Gasteiger partial charge in [0.25, 0.3) is 0 Å². The Kier molecular flexibility index (Phi) is 4.48. The molecule has 1 N–H and O–H groups in total. The van der Waals surface area contributed by atoms with Crippen LogP contribution in [0.5, 0.6) is 5.75 Å². The third kappa shape index (κ3) is 3.45. The quantitative estimate of drug-likeness (QED) is 0.937. The smallest absolute Gasteiger partial charge is 0.123 e. The average molecular weight is 318 g/mol. The van der Waals surface area contributed by atoms with Gasteiger partial charge in [-0.15, -0.1) is 0 Å². The predicted octanol–water partition coefficient (Wildman–Crippen LogP) is 3.55. The molecular weight excluding hydrogens is 298 g/mol. The van der Waals surface area contributed by atoms with Gasteiger partial charge in [-0.05, 0) is 49.4 Å². The maximum atomic E-state index is 13.4. The van der Waals surface area contributed by atoms with Crippen molar-refractivity contribution < 1.29 is 13.9 Å². The molecule has 0 spiro atoms. The van der Waals surface area contributed by atoms with Crippen LogP contribution in [0.2, 0.25) is 0 Å². The maximum absolute atomic E-state index is 13.4. The summed E-state index contributed by atoms with van der Waals surface area (Å²) in [6.07, 6.45) is 0. The van der Waals surface area contributed by atoms with E-state index in [9.17, 15) is 13.9 Å². The molecule has 0 saturated carbocycles. The Morgan fingerprint density at radius 2 is 1.52 bits per heavy atom. The second kappa shape index (κ2) is 6.54. The molecule has 2 aromatic rings. The summed E-state index contributed by atoms with van der Waals surface area (Å²) in [5.41, 5.74) is 1.62. The standard InChI is InChI=1S/C18H20F2N2O/c1-13(17-12-15(20)4-7-18(17)23)21-8-10-22(11-9-21)16-5-2-14(19)3-6-16/h2-7,12-13,23H,8-11H2,1H3. The summed E-state index contributed by atoms with van der Waals surface area (Å²) < 4.78 is 26.4. The summed E-state index contributed by atoms with van der Waals surface area (Å²) in [5.74, 6) is -0.447. The number of halogens is 2. The number of phenolic OH excluding ortho intramolecular Hbond substituents is 1. The first-order valence-corrected chi connectivity index (χ1v) is 7.77. The lowest BCUT2D eigenvalue weighted by molar-refractivity contribution is 0.195. The average Bonchev–Trinajstić information content (AvgIpc) is 2.57. The van der Waals surface area contributed by atoms with Crippen molar-refractivity contribution in [3.05, 3.63) is 59.7 Å². The molecule has 122 valence electrons. The Morgan fingerprint density at radius 3 is 2.17 bits per heavy atom. The Bertz CT molecular complexity index is 667. The van der Waals surface area contributed by atoms with E-state index in [2.05, 4.69) is 9.80 Å². The minimum atomic E-state index is -0.338. The number of piperazine rings is 1. The fourth-order valence-corrected chi connectivity index (χ4v) is 3.08. The highest BCUT2D eigenvalue weighted by molar-refractivity contribution is 5.46. The molecule has 23 heavy (non-hydrogen) atoms. The second-order valence-electron chi connectivity index (χ2n) is 5.88. The Hall–Kier alpha value is -2.14. The van der Waals surface area contributed by atoms with Crippen LogP contribution in [0.3, 0.4) is 0 Å². The highest BCUT2D eigenvalue weighted by Gasteiger charge is 2.24. The number of phenols is 1. The van der Waals surface area contributed by atoms with E-state index < -0.39 is 0 Å². The predicted molar refractivity (Wildman–Crippen MR) is 86.7 cm³/mol. The van der Waals surface area contributed by atoms with Crippen LogP contribution in [-0.4, -0.2) is 36.2 Å². The SMILES string of the molecule is CC(c1cc(F)ccc1O)N1CCN(c2ccc(F)cc2)CC1. The van der Waals surface area contributed by atoms with Gasteiger partial charge >= 0.3 is 0 Å². The van der Waals surface area contributed by atoms with E-state index in [0.717, 1.165) is 31.9 Å². The lowest BCUT2D eigenvalue weighted by Gasteiger charge is -2.39. The van der Waals surface area contributed by atoms with Gasteiger partial charge in [-0.2, -0.15) is 0 Å². The molecule has 0 amide bonds. The fourth-order valence-electron chi connectivity index (χ4n) is 3.08. The first-order chi connectivity index (χ1) is 11.0. The van der Waals surface area contributed by atoms with E-state index >= 15 is 0 Å². The molecule has 0 aliphatic carbocycles. The summed E-state index contributed by atoms with van der Waals surface area (Å²) in [7, 11) is 0. The van der Waals surface area contributed by atoms with Gasteiger partial charge in [0.1, 0.15) is 17.4 Å². The summed E-state index contributed by atoms with van der Waals surface area (Å²) >= 11 is 0. The first kappa shape index (κ1) is 15.7. The normalized spacial score (nSPS) is 17.3. The molecule has 3 rings (SSSR count). The topological polar surface area (TPSA) is 26.7 Å². The summed E-state index contributed by atoms with van der Waals surface area (Å²) in [4.78, 5) is 4.42. The van der Waals surface area contributed by atoms with E-state index in [1.807, 2.05) is 6.92 Å². The highest BCUT2D eigenvalue weighted by Crippen LogP contribution is 2.30. The molecule has 1 unspecified atom stereocenters. The molecule has 0 bridgehead atoms. The van der Waals surface area contributed by atoms with Gasteiger partial charge in [0.2, 0.25) is 0 Å². The van der Waals surface area contributed by atoms with Crippen LogP contribution in [-0.2, 0) is 0 Å². The largest absolute Gasteiger partial charge is 0.508 e. The van der Waals surface area contributed by atoms with Crippen LogP contribution in [0.15, 0.2) is 42.5 Å². The molecule has 0 aromatic heterocycles. The minimum Gasteiger partial charge on any atom is -0.508 e. The van der Waals surface area contributed by atoms with Gasteiger partial charge in [-0.25, -0.2) is 8.78 Å². The van der Waals surface area contributed by atoms with E-state index in [-0.39, 0.29) is 23.4 Å². The fraction of sp³-hybridized carbons (Fsp3) is 0.333. The van der Waals surface area contributed by atoms with Crippen molar-refractivity contribution in [1.82, 2.24) is 4.90 Å². The van der Waals surface area contributed by atoms with E-state index in [0.29, 0.717) is 5.56 Å². The van der Waals surface area contributed by atoms with E-state index in [1.165, 1.54) is 30.3 Å². The molecular formula is C18H20F2N2O. The Labute approximate surface area is 134 Å². The molecule has 3 nitrogen and oxygen atoms in total. The van der Waals surface area contributed by atoms with Crippen LogP contribution in [0.1, 0.15) is 18.5 Å². The zero-order valence-corrected chi connectivity index (χ0v) is 13.0. The van der Waals surface area contributed by atoms with Gasteiger partial charge in [0, 0.05) is 43.5 Å². The van der Waals surface area contributed by atoms with Gasteiger partial charge in [0.05, 0.1) is 0 Å².